The Morgan fingerprint density at radius 1 is 1.28 bits per heavy atom. The number of hydrogen-bond donors (Lipinski definition) is 1. The summed E-state index contributed by atoms with van der Waals surface area (Å²) < 4.78 is 10.3. The Labute approximate surface area is 106 Å². The SMILES string of the molecule is COc1cc(OC)cc(C(=O)N2CCC(N)C2)c1. The van der Waals surface area contributed by atoms with Crippen LogP contribution in [-0.4, -0.2) is 44.2 Å². The Bertz CT molecular complexity index is 426. The molecule has 0 bridgehead atoms. The van der Waals surface area contributed by atoms with Gasteiger partial charge < -0.3 is 20.1 Å². The molecule has 18 heavy (non-hydrogen) atoms. The molecule has 2 rings (SSSR count). The van der Waals surface area contributed by atoms with Crippen molar-refractivity contribution in [3.05, 3.63) is 23.8 Å². The maximum absolute atomic E-state index is 12.3. The van der Waals surface area contributed by atoms with Crippen molar-refractivity contribution >= 4 is 5.91 Å². The van der Waals surface area contributed by atoms with Gasteiger partial charge in [0.05, 0.1) is 14.2 Å². The lowest BCUT2D eigenvalue weighted by atomic mass is 10.1. The monoisotopic (exact) mass is 250 g/mol. The number of nitrogens with two attached hydrogens (primary N) is 1. The average Bonchev–Trinajstić information content (AvgIpc) is 2.83. The van der Waals surface area contributed by atoms with Crippen molar-refractivity contribution in [2.24, 2.45) is 5.73 Å². The van der Waals surface area contributed by atoms with E-state index in [0.29, 0.717) is 30.2 Å². The summed E-state index contributed by atoms with van der Waals surface area (Å²) in [5, 5.41) is 0. The second-order valence-electron chi connectivity index (χ2n) is 4.40. The van der Waals surface area contributed by atoms with E-state index in [9.17, 15) is 4.79 Å². The van der Waals surface area contributed by atoms with Crippen molar-refractivity contribution in [1.29, 1.82) is 0 Å². The first-order valence-corrected chi connectivity index (χ1v) is 5.92. The normalized spacial score (nSPS) is 18.8. The summed E-state index contributed by atoms with van der Waals surface area (Å²) in [7, 11) is 3.13. The largest absolute Gasteiger partial charge is 0.497 e. The van der Waals surface area contributed by atoms with Crippen LogP contribution in [0.5, 0.6) is 11.5 Å². The molecule has 5 heteroatoms. The molecule has 1 atom stereocenters. The molecule has 1 heterocycles. The van der Waals surface area contributed by atoms with Gasteiger partial charge in [-0.3, -0.25) is 4.79 Å². The van der Waals surface area contributed by atoms with Gasteiger partial charge in [-0.25, -0.2) is 0 Å². The summed E-state index contributed by atoms with van der Waals surface area (Å²) >= 11 is 0. The average molecular weight is 250 g/mol. The standard InChI is InChI=1S/C13H18N2O3/c1-17-11-5-9(6-12(7-11)18-2)13(16)15-4-3-10(14)8-15/h5-7,10H,3-4,8,14H2,1-2H3. The van der Waals surface area contributed by atoms with Gasteiger partial charge in [-0.2, -0.15) is 0 Å². The molecule has 2 N–H and O–H groups in total. The second kappa shape index (κ2) is 5.27. The first-order chi connectivity index (χ1) is 8.63. The Morgan fingerprint density at radius 3 is 2.33 bits per heavy atom. The number of benzene rings is 1. The molecule has 0 aromatic heterocycles. The van der Waals surface area contributed by atoms with Crippen LogP contribution in [0.4, 0.5) is 0 Å². The van der Waals surface area contributed by atoms with Crippen LogP contribution in [0.15, 0.2) is 18.2 Å². The molecule has 1 unspecified atom stereocenters. The first kappa shape index (κ1) is 12.7. The number of likely N-dealkylation sites (tertiary alicyclic amines) is 1. The van der Waals surface area contributed by atoms with Crippen LogP contribution in [0.3, 0.4) is 0 Å². The highest BCUT2D eigenvalue weighted by atomic mass is 16.5. The van der Waals surface area contributed by atoms with Gasteiger partial charge in [0.25, 0.3) is 5.91 Å². The van der Waals surface area contributed by atoms with Gasteiger partial charge in [-0.15, -0.1) is 0 Å². The Hall–Kier alpha value is -1.75. The molecule has 1 fully saturated rings. The minimum atomic E-state index is -0.0276. The fourth-order valence-electron chi connectivity index (χ4n) is 2.09. The fraction of sp³-hybridized carbons (Fsp3) is 0.462. The third-order valence-corrected chi connectivity index (χ3v) is 3.11. The molecule has 1 aliphatic rings. The molecule has 0 radical (unpaired) electrons. The van der Waals surface area contributed by atoms with Crippen LogP contribution in [0.2, 0.25) is 0 Å². The Morgan fingerprint density at radius 2 is 1.89 bits per heavy atom. The van der Waals surface area contributed by atoms with Crippen molar-refractivity contribution in [1.82, 2.24) is 4.90 Å². The minimum Gasteiger partial charge on any atom is -0.497 e. The van der Waals surface area contributed by atoms with Crippen LogP contribution in [0.25, 0.3) is 0 Å². The van der Waals surface area contributed by atoms with Gasteiger partial charge in [0.15, 0.2) is 0 Å². The summed E-state index contributed by atoms with van der Waals surface area (Å²) in [4.78, 5) is 14.1. The van der Waals surface area contributed by atoms with Gasteiger partial charge in [-0.05, 0) is 18.6 Å². The lowest BCUT2D eigenvalue weighted by Gasteiger charge is -2.16. The first-order valence-electron chi connectivity index (χ1n) is 5.92. The van der Waals surface area contributed by atoms with E-state index in [-0.39, 0.29) is 11.9 Å². The Kier molecular flexibility index (Phi) is 3.72. The van der Waals surface area contributed by atoms with Gasteiger partial charge in [-0.1, -0.05) is 0 Å². The number of carbonyl (C=O) groups is 1. The molecule has 98 valence electrons. The van der Waals surface area contributed by atoms with E-state index < -0.39 is 0 Å². The highest BCUT2D eigenvalue weighted by Gasteiger charge is 2.25. The molecule has 0 aliphatic carbocycles. The van der Waals surface area contributed by atoms with Crippen LogP contribution in [-0.2, 0) is 0 Å². The maximum Gasteiger partial charge on any atom is 0.254 e. The van der Waals surface area contributed by atoms with E-state index in [0.717, 1.165) is 6.42 Å². The van der Waals surface area contributed by atoms with E-state index in [4.69, 9.17) is 15.2 Å². The second-order valence-corrected chi connectivity index (χ2v) is 4.40. The molecule has 0 spiro atoms. The molecular weight excluding hydrogens is 232 g/mol. The molecule has 1 saturated heterocycles. The molecule has 5 nitrogen and oxygen atoms in total. The molecule has 1 aromatic rings. The highest BCUT2D eigenvalue weighted by molar-refractivity contribution is 5.95. The van der Waals surface area contributed by atoms with Crippen molar-refractivity contribution in [2.45, 2.75) is 12.5 Å². The molecule has 1 aromatic carbocycles. The van der Waals surface area contributed by atoms with Crippen molar-refractivity contribution < 1.29 is 14.3 Å². The minimum absolute atomic E-state index is 0.0276. The topological polar surface area (TPSA) is 64.8 Å². The molecular formula is C13H18N2O3. The Balaban J connectivity index is 2.24. The zero-order valence-electron chi connectivity index (χ0n) is 10.7. The highest BCUT2D eigenvalue weighted by Crippen LogP contribution is 2.24. The van der Waals surface area contributed by atoms with Crippen molar-refractivity contribution in [3.63, 3.8) is 0 Å². The number of hydrogen-bond acceptors (Lipinski definition) is 4. The van der Waals surface area contributed by atoms with Gasteiger partial charge in [0.2, 0.25) is 0 Å². The van der Waals surface area contributed by atoms with E-state index in [1.165, 1.54) is 0 Å². The lowest BCUT2D eigenvalue weighted by molar-refractivity contribution is 0.0790. The van der Waals surface area contributed by atoms with E-state index in [2.05, 4.69) is 0 Å². The van der Waals surface area contributed by atoms with E-state index >= 15 is 0 Å². The summed E-state index contributed by atoms with van der Waals surface area (Å²) in [6.45, 7) is 1.32. The van der Waals surface area contributed by atoms with E-state index in [1.807, 2.05) is 0 Å². The van der Waals surface area contributed by atoms with Gasteiger partial charge in [0, 0.05) is 30.8 Å². The quantitative estimate of drug-likeness (QED) is 0.864. The molecule has 1 aliphatic heterocycles. The smallest absolute Gasteiger partial charge is 0.254 e. The van der Waals surface area contributed by atoms with Crippen LogP contribution >= 0.6 is 0 Å². The van der Waals surface area contributed by atoms with Gasteiger partial charge >= 0.3 is 0 Å². The van der Waals surface area contributed by atoms with Gasteiger partial charge in [0.1, 0.15) is 11.5 Å². The number of ether oxygens (including phenoxy) is 2. The van der Waals surface area contributed by atoms with Crippen LogP contribution < -0.4 is 15.2 Å². The molecule has 1 amide bonds. The summed E-state index contributed by atoms with van der Waals surface area (Å²) in [6.07, 6.45) is 0.854. The third-order valence-electron chi connectivity index (χ3n) is 3.11. The predicted molar refractivity (Wildman–Crippen MR) is 68.0 cm³/mol. The van der Waals surface area contributed by atoms with E-state index in [1.54, 1.807) is 37.3 Å². The van der Waals surface area contributed by atoms with Crippen molar-refractivity contribution in [3.8, 4) is 11.5 Å². The number of methoxy groups -OCH3 is 2. The number of amides is 1. The summed E-state index contributed by atoms with van der Waals surface area (Å²) in [5.74, 6) is 1.20. The third kappa shape index (κ3) is 2.56. The number of nitrogens with zero attached hydrogens (tertiary/aromatic N) is 1. The number of rotatable bonds is 3. The zero-order chi connectivity index (χ0) is 13.1. The maximum atomic E-state index is 12.3. The zero-order valence-corrected chi connectivity index (χ0v) is 10.7. The fourth-order valence-corrected chi connectivity index (χ4v) is 2.09. The lowest BCUT2D eigenvalue weighted by Crippen LogP contribution is -2.31. The predicted octanol–water partition coefficient (Wildman–Crippen LogP) is 0.877. The van der Waals surface area contributed by atoms with Crippen LogP contribution in [0, 0.1) is 0 Å². The molecule has 0 saturated carbocycles. The summed E-state index contributed by atoms with van der Waals surface area (Å²) in [6, 6.07) is 5.26. The van der Waals surface area contributed by atoms with Crippen molar-refractivity contribution in [2.75, 3.05) is 27.3 Å². The van der Waals surface area contributed by atoms with Crippen LogP contribution in [0.1, 0.15) is 16.8 Å². The number of carbonyl (C=O) groups excluding carboxylic acids is 1. The summed E-state index contributed by atoms with van der Waals surface area (Å²) in [5.41, 5.74) is 6.38.